The number of nitrogens with zero attached hydrogens (tertiary/aromatic N) is 4. The van der Waals surface area contributed by atoms with Crippen LogP contribution in [0, 0.1) is 11.3 Å². The second kappa shape index (κ2) is 3.75. The maximum Gasteiger partial charge on any atom is 0.235 e. The Bertz CT molecular complexity index is 611. The predicted molar refractivity (Wildman–Crippen MR) is 69.2 cm³/mol. The molecule has 0 atom stereocenters. The van der Waals surface area contributed by atoms with Gasteiger partial charge in [-0.05, 0) is 24.5 Å². The van der Waals surface area contributed by atoms with Gasteiger partial charge in [0, 0.05) is 6.21 Å². The van der Waals surface area contributed by atoms with Gasteiger partial charge in [-0.25, -0.2) is 9.98 Å². The molecule has 0 spiro atoms. The lowest BCUT2D eigenvalue weighted by Gasteiger charge is -2.33. The van der Waals surface area contributed by atoms with Gasteiger partial charge in [0.15, 0.2) is 0 Å². The number of guanidine groups is 1. The molecule has 0 N–H and O–H groups in total. The third kappa shape index (κ3) is 1.38. The first kappa shape index (κ1) is 10.1. The minimum atomic E-state index is 0.605. The number of thioether (sulfide) groups is 1. The Hall–Kier alpha value is -2.06. The van der Waals surface area contributed by atoms with Crippen LogP contribution in [0.15, 0.2) is 56.3 Å². The topological polar surface area (TPSA) is 51.8 Å². The van der Waals surface area contributed by atoms with Gasteiger partial charge in [-0.2, -0.15) is 5.26 Å². The molecule has 0 aromatic carbocycles. The van der Waals surface area contributed by atoms with Crippen molar-refractivity contribution in [3.05, 3.63) is 46.3 Å². The molecule has 0 saturated heterocycles. The van der Waals surface area contributed by atoms with E-state index in [1.54, 1.807) is 6.21 Å². The first-order valence-electron chi connectivity index (χ1n) is 5.05. The highest BCUT2D eigenvalue weighted by molar-refractivity contribution is 8.02. The average Bonchev–Trinajstić information content (AvgIpc) is 2.39. The molecule has 0 saturated carbocycles. The Morgan fingerprint density at radius 3 is 3.06 bits per heavy atom. The largest absolute Gasteiger partial charge is 0.278 e. The zero-order valence-electron chi connectivity index (χ0n) is 9.08. The molecule has 0 aromatic heterocycles. The summed E-state index contributed by atoms with van der Waals surface area (Å²) < 4.78 is 0. The Morgan fingerprint density at radius 1 is 1.41 bits per heavy atom. The highest BCUT2D eigenvalue weighted by Gasteiger charge is 2.30. The summed E-state index contributed by atoms with van der Waals surface area (Å²) in [6.07, 6.45) is 11.4. The van der Waals surface area contributed by atoms with Crippen molar-refractivity contribution in [2.45, 2.75) is 0 Å². The van der Waals surface area contributed by atoms with Crippen molar-refractivity contribution in [3.63, 3.8) is 0 Å². The van der Waals surface area contributed by atoms with Crippen LogP contribution in [-0.2, 0) is 0 Å². The van der Waals surface area contributed by atoms with Gasteiger partial charge in [-0.1, -0.05) is 6.08 Å². The van der Waals surface area contributed by atoms with Gasteiger partial charge >= 0.3 is 0 Å². The molecule has 0 bridgehead atoms. The highest BCUT2D eigenvalue weighted by atomic mass is 32.2. The number of aliphatic imine (C=N–C) groups is 2. The minimum Gasteiger partial charge on any atom is -0.278 e. The Labute approximate surface area is 103 Å². The van der Waals surface area contributed by atoms with Crippen LogP contribution in [0.3, 0.4) is 0 Å². The maximum atomic E-state index is 9.25. The van der Waals surface area contributed by atoms with Crippen molar-refractivity contribution in [1.29, 1.82) is 5.26 Å². The van der Waals surface area contributed by atoms with Crippen molar-refractivity contribution in [1.82, 2.24) is 4.90 Å². The fourth-order valence-electron chi connectivity index (χ4n) is 1.90. The molecular weight excluding hydrogens is 232 g/mol. The standard InChI is InChI=1S/C12H8N4S/c1-17-11-9(7-13)10-4-2-3-8-5-6-14-12(15-11)16(8)10/h2-6H,1H3. The molecule has 3 aliphatic heterocycles. The van der Waals surface area contributed by atoms with E-state index >= 15 is 0 Å². The van der Waals surface area contributed by atoms with Gasteiger partial charge in [0.2, 0.25) is 5.96 Å². The number of nitriles is 1. The summed E-state index contributed by atoms with van der Waals surface area (Å²) in [6, 6.07) is 2.22. The Balaban J connectivity index is 2.26. The molecule has 5 heteroatoms. The number of allylic oxidation sites excluding steroid dienone is 5. The van der Waals surface area contributed by atoms with Crippen LogP contribution in [-0.4, -0.2) is 23.3 Å². The molecule has 3 aliphatic rings. The van der Waals surface area contributed by atoms with Crippen LogP contribution in [0.2, 0.25) is 0 Å². The van der Waals surface area contributed by atoms with E-state index < -0.39 is 0 Å². The summed E-state index contributed by atoms with van der Waals surface area (Å²) in [5.41, 5.74) is 2.45. The number of hydrogen-bond acceptors (Lipinski definition) is 5. The van der Waals surface area contributed by atoms with Gasteiger partial charge < -0.3 is 0 Å². The normalized spacial score (nSPS) is 20.5. The molecule has 3 rings (SSSR count). The second-order valence-corrected chi connectivity index (χ2v) is 4.32. The number of hydrogen-bond donors (Lipinski definition) is 0. The lowest BCUT2D eigenvalue weighted by Crippen LogP contribution is -2.34. The van der Waals surface area contributed by atoms with Crippen molar-refractivity contribution >= 4 is 23.9 Å². The molecule has 82 valence electrons. The Morgan fingerprint density at radius 2 is 2.29 bits per heavy atom. The van der Waals surface area contributed by atoms with Gasteiger partial charge in [0.1, 0.15) is 16.7 Å². The van der Waals surface area contributed by atoms with Gasteiger partial charge in [0.25, 0.3) is 0 Å². The molecular formula is C12H8N4S. The van der Waals surface area contributed by atoms with E-state index in [9.17, 15) is 5.26 Å². The zero-order chi connectivity index (χ0) is 11.8. The van der Waals surface area contributed by atoms with Crippen molar-refractivity contribution in [2.24, 2.45) is 9.98 Å². The average molecular weight is 240 g/mol. The molecule has 0 aliphatic carbocycles. The minimum absolute atomic E-state index is 0.605. The molecule has 0 fully saturated rings. The zero-order valence-corrected chi connectivity index (χ0v) is 9.90. The highest BCUT2D eigenvalue weighted by Crippen LogP contribution is 2.36. The van der Waals surface area contributed by atoms with Crippen LogP contribution in [0.5, 0.6) is 0 Å². The fraction of sp³-hybridized carbons (Fsp3) is 0.0833. The first-order valence-corrected chi connectivity index (χ1v) is 6.28. The molecule has 3 heterocycles. The summed E-state index contributed by atoms with van der Waals surface area (Å²) in [5, 5.41) is 9.98. The van der Waals surface area contributed by atoms with Gasteiger partial charge in [-0.3, -0.25) is 4.90 Å². The smallest absolute Gasteiger partial charge is 0.235 e. The monoisotopic (exact) mass is 240 g/mol. The molecule has 17 heavy (non-hydrogen) atoms. The van der Waals surface area contributed by atoms with Crippen LogP contribution in [0.4, 0.5) is 0 Å². The Kier molecular flexibility index (Phi) is 2.23. The van der Waals surface area contributed by atoms with E-state index in [1.165, 1.54) is 11.8 Å². The number of rotatable bonds is 1. The van der Waals surface area contributed by atoms with Gasteiger partial charge in [0.05, 0.1) is 11.4 Å². The van der Waals surface area contributed by atoms with E-state index in [0.29, 0.717) is 11.5 Å². The van der Waals surface area contributed by atoms with E-state index in [1.807, 2.05) is 35.5 Å². The van der Waals surface area contributed by atoms with Crippen molar-refractivity contribution < 1.29 is 0 Å². The second-order valence-electron chi connectivity index (χ2n) is 3.52. The fourth-order valence-corrected chi connectivity index (χ4v) is 2.43. The van der Waals surface area contributed by atoms with Crippen LogP contribution in [0.25, 0.3) is 0 Å². The van der Waals surface area contributed by atoms with Gasteiger partial charge in [-0.15, -0.1) is 11.8 Å². The van der Waals surface area contributed by atoms with E-state index in [0.717, 1.165) is 16.4 Å². The lowest BCUT2D eigenvalue weighted by molar-refractivity contribution is 0.637. The lowest BCUT2D eigenvalue weighted by atomic mass is 10.1. The van der Waals surface area contributed by atoms with E-state index in [-0.39, 0.29) is 0 Å². The predicted octanol–water partition coefficient (Wildman–Crippen LogP) is 2.18. The summed E-state index contributed by atoms with van der Waals surface area (Å²) in [4.78, 5) is 10.6. The molecule has 4 nitrogen and oxygen atoms in total. The molecule has 0 amide bonds. The quantitative estimate of drug-likeness (QED) is 0.706. The van der Waals surface area contributed by atoms with Crippen LogP contribution < -0.4 is 0 Å². The van der Waals surface area contributed by atoms with E-state index in [4.69, 9.17) is 0 Å². The summed E-state index contributed by atoms with van der Waals surface area (Å²) in [5.74, 6) is 0.626. The molecule has 0 unspecified atom stereocenters. The molecule has 0 aromatic rings. The van der Waals surface area contributed by atoms with Crippen LogP contribution in [0.1, 0.15) is 0 Å². The SMILES string of the molecule is CSC1=C(C#N)C2=CC=CC3=CC=NC(=N1)N32. The molecule has 0 radical (unpaired) electrons. The summed E-state index contributed by atoms with van der Waals surface area (Å²) in [7, 11) is 0. The van der Waals surface area contributed by atoms with Crippen molar-refractivity contribution in [2.75, 3.05) is 6.26 Å². The third-order valence-electron chi connectivity index (χ3n) is 2.63. The van der Waals surface area contributed by atoms with Crippen molar-refractivity contribution in [3.8, 4) is 6.07 Å². The van der Waals surface area contributed by atoms with Crippen LogP contribution >= 0.6 is 11.8 Å². The summed E-state index contributed by atoms with van der Waals surface area (Å²) in [6.45, 7) is 0. The maximum absolute atomic E-state index is 9.25. The summed E-state index contributed by atoms with van der Waals surface area (Å²) >= 11 is 1.46. The first-order chi connectivity index (χ1) is 8.35. The third-order valence-corrected chi connectivity index (χ3v) is 3.31. The van der Waals surface area contributed by atoms with E-state index in [2.05, 4.69) is 16.1 Å².